The number of nitrogens with one attached hydrogen (secondary N) is 1. The minimum Gasteiger partial charge on any atom is -0.342 e. The van der Waals surface area contributed by atoms with Gasteiger partial charge in [0.15, 0.2) is 0 Å². The van der Waals surface area contributed by atoms with E-state index in [0.717, 1.165) is 32.7 Å². The highest BCUT2D eigenvalue weighted by atomic mass is 32.2. The summed E-state index contributed by atoms with van der Waals surface area (Å²) in [6, 6.07) is 8.19. The normalized spacial score (nSPS) is 24.0. The average molecular weight is 362 g/mol. The molecule has 0 radical (unpaired) electrons. The molecular weight excluding hydrogens is 334 g/mol. The number of amides is 2. The van der Waals surface area contributed by atoms with E-state index in [4.69, 9.17) is 0 Å². The fourth-order valence-corrected chi connectivity index (χ4v) is 4.28. The molecule has 2 amide bonds. The van der Waals surface area contributed by atoms with Crippen LogP contribution in [0.1, 0.15) is 25.0 Å². The molecular formula is C19H27N3O2S. The van der Waals surface area contributed by atoms with Gasteiger partial charge in [0.05, 0.1) is 4.75 Å². The van der Waals surface area contributed by atoms with Crippen LogP contribution in [0.2, 0.25) is 0 Å². The largest absolute Gasteiger partial charge is 0.342 e. The quantitative estimate of drug-likeness (QED) is 0.889. The van der Waals surface area contributed by atoms with Crippen LogP contribution >= 0.6 is 11.8 Å². The van der Waals surface area contributed by atoms with Gasteiger partial charge in [-0.2, -0.15) is 0 Å². The number of carbonyl (C=O) groups is 2. The third-order valence-electron chi connectivity index (χ3n) is 4.93. The first-order valence-electron chi connectivity index (χ1n) is 8.87. The van der Waals surface area contributed by atoms with Crippen molar-refractivity contribution in [2.24, 2.45) is 0 Å². The molecule has 0 aromatic heterocycles. The lowest BCUT2D eigenvalue weighted by molar-refractivity contribution is -0.138. The number of hydrogen-bond donors (Lipinski definition) is 1. The maximum atomic E-state index is 12.7. The predicted octanol–water partition coefficient (Wildman–Crippen LogP) is 1.65. The monoisotopic (exact) mass is 361 g/mol. The fraction of sp³-hybridized carbons (Fsp3) is 0.579. The van der Waals surface area contributed by atoms with Crippen molar-refractivity contribution in [3.05, 3.63) is 35.4 Å². The molecule has 25 heavy (non-hydrogen) atoms. The van der Waals surface area contributed by atoms with Gasteiger partial charge in [-0.15, -0.1) is 11.8 Å². The Kier molecular flexibility index (Phi) is 5.39. The molecule has 2 aliphatic rings. The lowest BCUT2D eigenvalue weighted by Gasteiger charge is -2.39. The SMILES string of the molecule is Cc1cccc(CN2CCN(C(=O)C3CSC(C)(C)C(=O)N3)CC2)c1. The molecule has 0 saturated carbocycles. The van der Waals surface area contributed by atoms with Gasteiger partial charge < -0.3 is 10.2 Å². The van der Waals surface area contributed by atoms with E-state index in [1.54, 1.807) is 11.8 Å². The molecule has 2 heterocycles. The van der Waals surface area contributed by atoms with Crippen molar-refractivity contribution in [3.63, 3.8) is 0 Å². The molecule has 0 bridgehead atoms. The summed E-state index contributed by atoms with van der Waals surface area (Å²) in [5, 5.41) is 2.90. The second-order valence-electron chi connectivity index (χ2n) is 7.44. The van der Waals surface area contributed by atoms with Crippen LogP contribution in [-0.2, 0) is 16.1 Å². The lowest BCUT2D eigenvalue weighted by atomic mass is 10.1. The predicted molar refractivity (Wildman–Crippen MR) is 102 cm³/mol. The van der Waals surface area contributed by atoms with E-state index in [0.29, 0.717) is 5.75 Å². The lowest BCUT2D eigenvalue weighted by Crippen LogP contribution is -2.60. The molecule has 136 valence electrons. The maximum absolute atomic E-state index is 12.7. The van der Waals surface area contributed by atoms with Gasteiger partial charge in [0.25, 0.3) is 0 Å². The molecule has 3 rings (SSSR count). The Labute approximate surface area is 154 Å². The number of benzene rings is 1. The van der Waals surface area contributed by atoms with Gasteiger partial charge in [0, 0.05) is 38.5 Å². The van der Waals surface area contributed by atoms with Crippen molar-refractivity contribution in [2.45, 2.75) is 38.1 Å². The molecule has 1 N–H and O–H groups in total. The van der Waals surface area contributed by atoms with Gasteiger partial charge in [-0.25, -0.2) is 0 Å². The van der Waals surface area contributed by atoms with E-state index in [1.807, 2.05) is 18.7 Å². The molecule has 5 nitrogen and oxygen atoms in total. The van der Waals surface area contributed by atoms with Crippen LogP contribution in [0.15, 0.2) is 24.3 Å². The topological polar surface area (TPSA) is 52.7 Å². The van der Waals surface area contributed by atoms with Crippen molar-refractivity contribution in [2.75, 3.05) is 31.9 Å². The summed E-state index contributed by atoms with van der Waals surface area (Å²) in [6.45, 7) is 10.0. The second-order valence-corrected chi connectivity index (χ2v) is 9.08. The van der Waals surface area contributed by atoms with E-state index in [1.165, 1.54) is 11.1 Å². The van der Waals surface area contributed by atoms with Crippen LogP contribution in [0.3, 0.4) is 0 Å². The highest BCUT2D eigenvalue weighted by molar-refractivity contribution is 8.01. The minimum atomic E-state index is -0.441. The summed E-state index contributed by atoms with van der Waals surface area (Å²) in [5.74, 6) is 0.674. The molecule has 2 aliphatic heterocycles. The van der Waals surface area contributed by atoms with Crippen molar-refractivity contribution in [1.29, 1.82) is 0 Å². The molecule has 2 fully saturated rings. The van der Waals surface area contributed by atoms with Gasteiger partial charge in [-0.1, -0.05) is 29.8 Å². The number of thioether (sulfide) groups is 1. The van der Waals surface area contributed by atoms with Gasteiger partial charge in [-0.3, -0.25) is 14.5 Å². The summed E-state index contributed by atoms with van der Waals surface area (Å²) in [4.78, 5) is 29.1. The molecule has 0 spiro atoms. The Morgan fingerprint density at radius 2 is 2.00 bits per heavy atom. The Hall–Kier alpha value is -1.53. The number of hydrogen-bond acceptors (Lipinski definition) is 4. The summed E-state index contributed by atoms with van der Waals surface area (Å²) < 4.78 is -0.441. The van der Waals surface area contributed by atoms with Gasteiger partial charge in [-0.05, 0) is 26.3 Å². The number of piperazine rings is 1. The summed E-state index contributed by atoms with van der Waals surface area (Å²) in [6.07, 6.45) is 0. The van der Waals surface area contributed by atoms with E-state index >= 15 is 0 Å². The zero-order valence-corrected chi connectivity index (χ0v) is 16.1. The smallest absolute Gasteiger partial charge is 0.246 e. The average Bonchev–Trinajstić information content (AvgIpc) is 2.57. The first-order valence-corrected chi connectivity index (χ1v) is 9.85. The van der Waals surface area contributed by atoms with Crippen molar-refractivity contribution < 1.29 is 9.59 Å². The van der Waals surface area contributed by atoms with Gasteiger partial charge in [0.1, 0.15) is 6.04 Å². The van der Waals surface area contributed by atoms with Crippen molar-refractivity contribution >= 4 is 23.6 Å². The van der Waals surface area contributed by atoms with Crippen molar-refractivity contribution in [1.82, 2.24) is 15.1 Å². The molecule has 1 atom stereocenters. The molecule has 6 heteroatoms. The fourth-order valence-electron chi connectivity index (χ4n) is 3.28. The summed E-state index contributed by atoms with van der Waals surface area (Å²) in [5.41, 5.74) is 2.60. The number of aryl methyl sites for hydroxylation is 1. The summed E-state index contributed by atoms with van der Waals surface area (Å²) >= 11 is 1.56. The van der Waals surface area contributed by atoms with Crippen LogP contribution in [-0.4, -0.2) is 64.3 Å². The zero-order valence-electron chi connectivity index (χ0n) is 15.2. The van der Waals surface area contributed by atoms with Gasteiger partial charge in [0.2, 0.25) is 11.8 Å². The van der Waals surface area contributed by atoms with Crippen LogP contribution < -0.4 is 5.32 Å². The van der Waals surface area contributed by atoms with Crippen LogP contribution in [0, 0.1) is 6.92 Å². The Balaban J connectivity index is 1.50. The number of nitrogens with zero attached hydrogens (tertiary/aromatic N) is 2. The van der Waals surface area contributed by atoms with E-state index < -0.39 is 4.75 Å². The van der Waals surface area contributed by atoms with Crippen molar-refractivity contribution in [3.8, 4) is 0 Å². The molecule has 0 aliphatic carbocycles. The highest BCUT2D eigenvalue weighted by Gasteiger charge is 2.39. The number of carbonyl (C=O) groups excluding carboxylic acids is 2. The zero-order chi connectivity index (χ0) is 18.0. The molecule has 1 aromatic carbocycles. The van der Waals surface area contributed by atoms with Crippen LogP contribution in [0.5, 0.6) is 0 Å². The van der Waals surface area contributed by atoms with E-state index in [9.17, 15) is 9.59 Å². The van der Waals surface area contributed by atoms with E-state index in [2.05, 4.69) is 41.4 Å². The highest BCUT2D eigenvalue weighted by Crippen LogP contribution is 2.29. The van der Waals surface area contributed by atoms with E-state index in [-0.39, 0.29) is 17.9 Å². The standard InChI is InChI=1S/C19H27N3O2S/c1-14-5-4-6-15(11-14)12-21-7-9-22(10-8-21)17(23)16-13-25-19(2,3)18(24)20-16/h4-6,11,16H,7-10,12-13H2,1-3H3,(H,20,24). The number of rotatable bonds is 3. The van der Waals surface area contributed by atoms with Crippen LogP contribution in [0.25, 0.3) is 0 Å². The Morgan fingerprint density at radius 1 is 1.28 bits per heavy atom. The third-order valence-corrected chi connectivity index (χ3v) is 6.34. The Morgan fingerprint density at radius 3 is 2.64 bits per heavy atom. The molecule has 1 aromatic rings. The Bertz CT molecular complexity index is 654. The maximum Gasteiger partial charge on any atom is 0.246 e. The van der Waals surface area contributed by atoms with Crippen LogP contribution in [0.4, 0.5) is 0 Å². The molecule has 1 unspecified atom stereocenters. The summed E-state index contributed by atoms with van der Waals surface area (Å²) in [7, 11) is 0. The second kappa shape index (κ2) is 7.38. The first kappa shape index (κ1) is 18.3. The molecule has 2 saturated heterocycles. The third kappa shape index (κ3) is 4.36. The minimum absolute atomic E-state index is 0.0415. The first-order chi connectivity index (χ1) is 11.8. The van der Waals surface area contributed by atoms with Gasteiger partial charge >= 0.3 is 0 Å².